The summed E-state index contributed by atoms with van der Waals surface area (Å²) in [5.74, 6) is -0.0258. The summed E-state index contributed by atoms with van der Waals surface area (Å²) in [6.07, 6.45) is -5.43. The van der Waals surface area contributed by atoms with Crippen LogP contribution in [0.4, 0.5) is 13.2 Å². The minimum absolute atomic E-state index is 0.152. The number of hydrogen-bond donors (Lipinski definition) is 0. The summed E-state index contributed by atoms with van der Waals surface area (Å²) in [6, 6.07) is 14.6. The molecule has 0 spiro atoms. The predicted octanol–water partition coefficient (Wildman–Crippen LogP) is 3.57. The van der Waals surface area contributed by atoms with Gasteiger partial charge in [-0.15, -0.1) is 13.2 Å². The summed E-state index contributed by atoms with van der Waals surface area (Å²) in [7, 11) is 0. The summed E-state index contributed by atoms with van der Waals surface area (Å²) < 4.78 is 46.3. The standard InChI is InChI=1S/C22H22F3N3O3/c1-16(30-20-5-3-2-4-18(20)14-26)21(29)28-12-10-27(11-13-28)15-17-6-8-19(9-7-17)31-22(23,24)25/h2-9,16H,10-13,15H2,1H3. The Morgan fingerprint density at radius 3 is 2.35 bits per heavy atom. The Bertz CT molecular complexity index is 933. The summed E-state index contributed by atoms with van der Waals surface area (Å²) in [5.41, 5.74) is 1.23. The molecule has 3 rings (SSSR count). The van der Waals surface area contributed by atoms with Crippen molar-refractivity contribution >= 4 is 5.91 Å². The second-order valence-corrected chi connectivity index (χ2v) is 7.16. The summed E-state index contributed by atoms with van der Waals surface area (Å²) in [6.45, 7) is 4.52. The third-order valence-electron chi connectivity index (χ3n) is 4.91. The number of carbonyl (C=O) groups excluding carboxylic acids is 1. The molecule has 2 aromatic carbocycles. The zero-order chi connectivity index (χ0) is 22.4. The van der Waals surface area contributed by atoms with E-state index in [9.17, 15) is 18.0 Å². The second kappa shape index (κ2) is 9.71. The van der Waals surface area contributed by atoms with Crippen LogP contribution < -0.4 is 9.47 Å². The molecule has 1 heterocycles. The Balaban J connectivity index is 1.48. The second-order valence-electron chi connectivity index (χ2n) is 7.16. The van der Waals surface area contributed by atoms with E-state index >= 15 is 0 Å². The van der Waals surface area contributed by atoms with E-state index in [0.29, 0.717) is 44.0 Å². The minimum atomic E-state index is -4.71. The molecule has 6 nitrogen and oxygen atoms in total. The minimum Gasteiger partial charge on any atom is -0.480 e. The van der Waals surface area contributed by atoms with Crippen LogP contribution in [0.5, 0.6) is 11.5 Å². The fraction of sp³-hybridized carbons (Fsp3) is 0.364. The van der Waals surface area contributed by atoms with Crippen molar-refractivity contribution in [3.05, 3.63) is 59.7 Å². The molecule has 0 N–H and O–H groups in total. The lowest BCUT2D eigenvalue weighted by molar-refractivity contribution is -0.274. The lowest BCUT2D eigenvalue weighted by Crippen LogP contribution is -2.51. The largest absolute Gasteiger partial charge is 0.573 e. The lowest BCUT2D eigenvalue weighted by atomic mass is 10.2. The number of nitrogens with zero attached hydrogens (tertiary/aromatic N) is 3. The molecule has 0 saturated carbocycles. The van der Waals surface area contributed by atoms with Crippen LogP contribution in [0.1, 0.15) is 18.1 Å². The van der Waals surface area contributed by atoms with E-state index in [1.54, 1.807) is 48.2 Å². The van der Waals surface area contributed by atoms with Gasteiger partial charge in [0.1, 0.15) is 17.6 Å². The number of halogens is 3. The Morgan fingerprint density at radius 1 is 1.10 bits per heavy atom. The zero-order valence-corrected chi connectivity index (χ0v) is 16.9. The Kier molecular flexibility index (Phi) is 7.02. The van der Waals surface area contributed by atoms with Crippen LogP contribution in [0.3, 0.4) is 0 Å². The van der Waals surface area contributed by atoms with Gasteiger partial charge in [-0.25, -0.2) is 0 Å². The van der Waals surface area contributed by atoms with E-state index in [4.69, 9.17) is 10.00 Å². The topological polar surface area (TPSA) is 65.8 Å². The number of alkyl halides is 3. The van der Waals surface area contributed by atoms with Crippen molar-refractivity contribution in [3.63, 3.8) is 0 Å². The summed E-state index contributed by atoms with van der Waals surface area (Å²) >= 11 is 0. The quantitative estimate of drug-likeness (QED) is 0.697. The van der Waals surface area contributed by atoms with Crippen molar-refractivity contribution < 1.29 is 27.4 Å². The van der Waals surface area contributed by atoms with Gasteiger partial charge in [0.2, 0.25) is 0 Å². The highest BCUT2D eigenvalue weighted by molar-refractivity contribution is 5.81. The van der Waals surface area contributed by atoms with Crippen LogP contribution in [0.2, 0.25) is 0 Å². The number of nitriles is 1. The Labute approximate surface area is 178 Å². The van der Waals surface area contributed by atoms with Crippen molar-refractivity contribution in [3.8, 4) is 17.6 Å². The monoisotopic (exact) mass is 433 g/mol. The first-order chi connectivity index (χ1) is 14.7. The van der Waals surface area contributed by atoms with Crippen LogP contribution in [-0.4, -0.2) is 54.4 Å². The number of piperazine rings is 1. The maximum absolute atomic E-state index is 12.7. The molecular weight excluding hydrogens is 411 g/mol. The van der Waals surface area contributed by atoms with Crippen molar-refractivity contribution in [2.75, 3.05) is 26.2 Å². The number of amides is 1. The highest BCUT2D eigenvalue weighted by Crippen LogP contribution is 2.23. The van der Waals surface area contributed by atoms with Crippen molar-refractivity contribution in [1.29, 1.82) is 5.26 Å². The maximum atomic E-state index is 12.7. The smallest absolute Gasteiger partial charge is 0.480 e. The number of benzene rings is 2. The predicted molar refractivity (Wildman–Crippen MR) is 106 cm³/mol. The molecule has 9 heteroatoms. The molecule has 1 atom stereocenters. The maximum Gasteiger partial charge on any atom is 0.573 e. The molecular formula is C22H22F3N3O3. The van der Waals surface area contributed by atoms with Gasteiger partial charge in [0.25, 0.3) is 5.91 Å². The van der Waals surface area contributed by atoms with E-state index in [1.807, 2.05) is 6.07 Å². The van der Waals surface area contributed by atoms with Gasteiger partial charge in [0.05, 0.1) is 5.56 Å². The molecule has 1 unspecified atom stereocenters. The van der Waals surface area contributed by atoms with Gasteiger partial charge >= 0.3 is 6.36 Å². The van der Waals surface area contributed by atoms with Crippen molar-refractivity contribution in [2.24, 2.45) is 0 Å². The van der Waals surface area contributed by atoms with Crippen molar-refractivity contribution in [1.82, 2.24) is 9.80 Å². The van der Waals surface area contributed by atoms with E-state index in [-0.39, 0.29) is 11.7 Å². The highest BCUT2D eigenvalue weighted by atomic mass is 19.4. The van der Waals surface area contributed by atoms with Crippen LogP contribution in [0.25, 0.3) is 0 Å². The Hall–Kier alpha value is -3.25. The SMILES string of the molecule is CC(Oc1ccccc1C#N)C(=O)N1CCN(Cc2ccc(OC(F)(F)F)cc2)CC1. The van der Waals surface area contributed by atoms with Gasteiger partial charge in [0, 0.05) is 32.7 Å². The fourth-order valence-corrected chi connectivity index (χ4v) is 3.34. The molecule has 0 bridgehead atoms. The average Bonchev–Trinajstić information content (AvgIpc) is 2.74. The molecule has 1 aliphatic heterocycles. The molecule has 2 aromatic rings. The number of ether oxygens (including phenoxy) is 2. The molecule has 1 amide bonds. The molecule has 0 radical (unpaired) electrons. The molecule has 1 aliphatic rings. The average molecular weight is 433 g/mol. The van der Waals surface area contributed by atoms with E-state index in [0.717, 1.165) is 5.56 Å². The van der Waals surface area contributed by atoms with E-state index in [1.165, 1.54) is 12.1 Å². The first-order valence-electron chi connectivity index (χ1n) is 9.77. The third-order valence-corrected chi connectivity index (χ3v) is 4.91. The number of carbonyl (C=O) groups is 1. The van der Waals surface area contributed by atoms with Gasteiger partial charge < -0.3 is 14.4 Å². The molecule has 0 aliphatic carbocycles. The van der Waals surface area contributed by atoms with Crippen LogP contribution in [-0.2, 0) is 11.3 Å². The molecule has 1 saturated heterocycles. The molecule has 31 heavy (non-hydrogen) atoms. The molecule has 0 aromatic heterocycles. The number of rotatable bonds is 6. The van der Waals surface area contributed by atoms with Crippen LogP contribution >= 0.6 is 0 Å². The normalized spacial score (nSPS) is 15.8. The number of para-hydroxylation sites is 1. The summed E-state index contributed by atoms with van der Waals surface area (Å²) in [4.78, 5) is 16.6. The van der Waals surface area contributed by atoms with Crippen LogP contribution in [0.15, 0.2) is 48.5 Å². The number of hydrogen-bond acceptors (Lipinski definition) is 5. The van der Waals surface area contributed by atoms with Gasteiger partial charge in [-0.1, -0.05) is 24.3 Å². The van der Waals surface area contributed by atoms with Gasteiger partial charge in [-0.05, 0) is 36.8 Å². The van der Waals surface area contributed by atoms with E-state index in [2.05, 4.69) is 9.64 Å². The van der Waals surface area contributed by atoms with E-state index < -0.39 is 12.5 Å². The van der Waals surface area contributed by atoms with Crippen LogP contribution in [0, 0.1) is 11.3 Å². The lowest BCUT2D eigenvalue weighted by Gasteiger charge is -2.36. The molecule has 164 valence electrons. The zero-order valence-electron chi connectivity index (χ0n) is 16.9. The molecule has 1 fully saturated rings. The Morgan fingerprint density at radius 2 is 1.74 bits per heavy atom. The highest BCUT2D eigenvalue weighted by Gasteiger charge is 2.31. The van der Waals surface area contributed by atoms with Gasteiger partial charge in [0.15, 0.2) is 6.10 Å². The summed E-state index contributed by atoms with van der Waals surface area (Å²) in [5, 5.41) is 9.15. The van der Waals surface area contributed by atoms with Crippen molar-refractivity contribution in [2.45, 2.75) is 25.9 Å². The first kappa shape index (κ1) is 22.4. The first-order valence-corrected chi connectivity index (χ1v) is 9.77. The fourth-order valence-electron chi connectivity index (χ4n) is 3.34. The van der Waals surface area contributed by atoms with Gasteiger partial charge in [-0.3, -0.25) is 9.69 Å². The third kappa shape index (κ3) is 6.36. The van der Waals surface area contributed by atoms with Gasteiger partial charge in [-0.2, -0.15) is 5.26 Å².